The van der Waals surface area contributed by atoms with Crippen LogP contribution in [0.3, 0.4) is 0 Å². The highest BCUT2D eigenvalue weighted by Crippen LogP contribution is 2.27. The van der Waals surface area contributed by atoms with Gasteiger partial charge in [0, 0.05) is 30.3 Å². The lowest BCUT2D eigenvalue weighted by atomic mass is 9.96. The van der Waals surface area contributed by atoms with Gasteiger partial charge < -0.3 is 4.74 Å². The summed E-state index contributed by atoms with van der Waals surface area (Å²) < 4.78 is 34.0. The Balaban J connectivity index is 1.92. The van der Waals surface area contributed by atoms with Gasteiger partial charge in [0.25, 0.3) is 0 Å². The molecule has 0 fully saturated rings. The Morgan fingerprint density at radius 2 is 1.88 bits per heavy atom. The van der Waals surface area contributed by atoms with Gasteiger partial charge in [-0.25, -0.2) is 13.1 Å². The van der Waals surface area contributed by atoms with Gasteiger partial charge in [0.15, 0.2) is 0 Å². The van der Waals surface area contributed by atoms with Crippen molar-refractivity contribution in [2.75, 3.05) is 13.7 Å². The van der Waals surface area contributed by atoms with E-state index in [0.29, 0.717) is 10.5 Å². The lowest BCUT2D eigenvalue weighted by molar-refractivity contribution is 0.00699. The number of hydrogen-bond donors (Lipinski definition) is 1. The molecule has 0 radical (unpaired) electrons. The van der Waals surface area contributed by atoms with Crippen molar-refractivity contribution in [2.45, 2.75) is 17.4 Å². The number of aromatic nitrogens is 1. The minimum Gasteiger partial charge on any atom is -0.372 e. The van der Waals surface area contributed by atoms with Crippen molar-refractivity contribution in [1.29, 1.82) is 0 Å². The Morgan fingerprint density at radius 1 is 1.15 bits per heavy atom. The molecule has 1 atom stereocenters. The maximum atomic E-state index is 12.9. The molecule has 0 amide bonds. The van der Waals surface area contributed by atoms with Crippen LogP contribution in [-0.2, 0) is 20.4 Å². The first-order valence-corrected chi connectivity index (χ1v) is 9.86. The van der Waals surface area contributed by atoms with Gasteiger partial charge in [0.1, 0.15) is 10.5 Å². The lowest BCUT2D eigenvalue weighted by Gasteiger charge is -2.29. The second kappa shape index (κ2) is 7.32. The summed E-state index contributed by atoms with van der Waals surface area (Å²) in [5, 5.41) is 1.33. The first-order chi connectivity index (χ1) is 12.4. The van der Waals surface area contributed by atoms with Crippen LogP contribution < -0.4 is 4.72 Å². The van der Waals surface area contributed by atoms with Crippen LogP contribution in [0.15, 0.2) is 65.7 Å². The molecule has 2 aromatic carbocycles. The van der Waals surface area contributed by atoms with E-state index in [9.17, 15) is 8.42 Å². The molecule has 0 saturated heterocycles. The van der Waals surface area contributed by atoms with E-state index in [1.807, 2.05) is 25.1 Å². The number of ether oxygens (including phenoxy) is 1. The molecule has 3 aromatic rings. The van der Waals surface area contributed by atoms with Crippen LogP contribution in [0.2, 0.25) is 5.02 Å². The molecule has 5 nitrogen and oxygen atoms in total. The van der Waals surface area contributed by atoms with Crippen molar-refractivity contribution >= 4 is 32.5 Å². The first kappa shape index (κ1) is 18.8. The third-order valence-corrected chi connectivity index (χ3v) is 6.04. The number of sulfonamides is 1. The fourth-order valence-electron chi connectivity index (χ4n) is 2.71. The molecule has 0 spiro atoms. The van der Waals surface area contributed by atoms with Crippen molar-refractivity contribution < 1.29 is 13.2 Å². The molecular weight excluding hydrogens is 372 g/mol. The lowest BCUT2D eigenvalue weighted by Crippen LogP contribution is -2.40. The average Bonchev–Trinajstić information content (AvgIpc) is 2.65. The second-order valence-electron chi connectivity index (χ2n) is 6.10. The number of halogens is 1. The van der Waals surface area contributed by atoms with Crippen LogP contribution in [0.5, 0.6) is 0 Å². The number of pyridine rings is 1. The van der Waals surface area contributed by atoms with E-state index in [1.54, 1.807) is 42.6 Å². The van der Waals surface area contributed by atoms with Gasteiger partial charge >= 0.3 is 0 Å². The highest BCUT2D eigenvalue weighted by molar-refractivity contribution is 7.89. The normalized spacial score (nSPS) is 14.3. The molecule has 1 aromatic heterocycles. The van der Waals surface area contributed by atoms with E-state index >= 15 is 0 Å². The third kappa shape index (κ3) is 3.73. The van der Waals surface area contributed by atoms with Crippen LogP contribution in [0.4, 0.5) is 0 Å². The molecule has 26 heavy (non-hydrogen) atoms. The summed E-state index contributed by atoms with van der Waals surface area (Å²) in [5.41, 5.74) is 0.353. The zero-order valence-corrected chi connectivity index (χ0v) is 16.0. The zero-order chi connectivity index (χ0) is 18.8. The summed E-state index contributed by atoms with van der Waals surface area (Å²) in [5.74, 6) is 0. The predicted octanol–water partition coefficient (Wildman–Crippen LogP) is 3.73. The largest absolute Gasteiger partial charge is 0.372 e. The molecule has 1 heterocycles. The Hall–Kier alpha value is -1.99. The third-order valence-electron chi connectivity index (χ3n) is 4.37. The summed E-state index contributed by atoms with van der Waals surface area (Å²) in [6, 6.07) is 15.8. The molecule has 0 aliphatic carbocycles. The highest BCUT2D eigenvalue weighted by atomic mass is 35.5. The molecule has 3 rings (SSSR count). The van der Waals surface area contributed by atoms with E-state index in [-0.39, 0.29) is 11.4 Å². The van der Waals surface area contributed by atoms with Crippen molar-refractivity contribution in [3.05, 3.63) is 71.4 Å². The average molecular weight is 391 g/mol. The number of nitrogens with one attached hydrogen (secondary N) is 1. The Labute approximate surface area is 158 Å². The zero-order valence-electron chi connectivity index (χ0n) is 14.4. The molecule has 0 aliphatic rings. The summed E-state index contributed by atoms with van der Waals surface area (Å²) in [6.07, 6.45) is 1.58. The Kier molecular flexibility index (Phi) is 5.29. The highest BCUT2D eigenvalue weighted by Gasteiger charge is 2.29. The van der Waals surface area contributed by atoms with E-state index in [1.165, 1.54) is 7.11 Å². The van der Waals surface area contributed by atoms with Crippen molar-refractivity contribution in [3.63, 3.8) is 0 Å². The van der Waals surface area contributed by atoms with Crippen molar-refractivity contribution in [3.8, 4) is 0 Å². The summed E-state index contributed by atoms with van der Waals surface area (Å²) in [4.78, 5) is 4.35. The Bertz CT molecular complexity index is 1030. The maximum absolute atomic E-state index is 12.9. The summed E-state index contributed by atoms with van der Waals surface area (Å²) >= 11 is 6.06. The van der Waals surface area contributed by atoms with Gasteiger partial charge in [-0.15, -0.1) is 0 Å². The fraction of sp³-hybridized carbons (Fsp3) is 0.211. The molecule has 136 valence electrons. The maximum Gasteiger partial charge on any atom is 0.242 e. The number of fused-ring (bicyclic) bond motifs is 1. The SMILES string of the molecule is COC(C)(CNS(=O)(=O)c1cccc2cccnc12)c1cccc(Cl)c1. The standard InChI is InChI=1S/C19H19ClN2O3S/c1-19(25-2,15-8-4-9-16(20)12-15)13-22-26(23,24)17-10-3-6-14-7-5-11-21-18(14)17/h3-12,22H,13H2,1-2H3. The molecular formula is C19H19ClN2O3S. The molecule has 1 N–H and O–H groups in total. The quantitative estimate of drug-likeness (QED) is 0.696. The van der Waals surface area contributed by atoms with Gasteiger partial charge in [0.05, 0.1) is 5.52 Å². The predicted molar refractivity (Wildman–Crippen MR) is 103 cm³/mol. The van der Waals surface area contributed by atoms with Crippen molar-refractivity contribution in [2.24, 2.45) is 0 Å². The van der Waals surface area contributed by atoms with Crippen LogP contribution in [0.1, 0.15) is 12.5 Å². The molecule has 7 heteroatoms. The molecule has 0 bridgehead atoms. The van der Waals surface area contributed by atoms with Gasteiger partial charge in [0.2, 0.25) is 10.0 Å². The number of para-hydroxylation sites is 1. The number of rotatable bonds is 6. The van der Waals surface area contributed by atoms with Crippen LogP contribution in [-0.4, -0.2) is 27.1 Å². The number of benzene rings is 2. The summed E-state index contributed by atoms with van der Waals surface area (Å²) in [6.45, 7) is 1.86. The molecule has 0 aliphatic heterocycles. The van der Waals surface area contributed by atoms with Gasteiger partial charge in [-0.1, -0.05) is 41.9 Å². The fourth-order valence-corrected chi connectivity index (χ4v) is 4.21. The topological polar surface area (TPSA) is 68.3 Å². The number of nitrogens with zero attached hydrogens (tertiary/aromatic N) is 1. The smallest absolute Gasteiger partial charge is 0.242 e. The van der Waals surface area contributed by atoms with Gasteiger partial charge in [-0.2, -0.15) is 0 Å². The van der Waals surface area contributed by atoms with Crippen LogP contribution in [0.25, 0.3) is 10.9 Å². The van der Waals surface area contributed by atoms with E-state index < -0.39 is 15.6 Å². The summed E-state index contributed by atoms with van der Waals surface area (Å²) in [7, 11) is -2.24. The van der Waals surface area contributed by atoms with E-state index in [2.05, 4.69) is 9.71 Å². The van der Waals surface area contributed by atoms with Crippen LogP contribution >= 0.6 is 11.6 Å². The van der Waals surface area contributed by atoms with Gasteiger partial charge in [-0.3, -0.25) is 4.98 Å². The molecule has 1 unspecified atom stereocenters. The number of hydrogen-bond acceptors (Lipinski definition) is 4. The molecule has 0 saturated carbocycles. The first-order valence-electron chi connectivity index (χ1n) is 8.00. The van der Waals surface area contributed by atoms with E-state index in [4.69, 9.17) is 16.3 Å². The van der Waals surface area contributed by atoms with Gasteiger partial charge in [-0.05, 0) is 36.8 Å². The van der Waals surface area contributed by atoms with E-state index in [0.717, 1.165) is 10.9 Å². The Morgan fingerprint density at radius 3 is 2.62 bits per heavy atom. The van der Waals surface area contributed by atoms with Crippen LogP contribution in [0, 0.1) is 0 Å². The number of methoxy groups -OCH3 is 1. The minimum absolute atomic E-state index is 0.0510. The minimum atomic E-state index is -3.77. The second-order valence-corrected chi connectivity index (χ2v) is 8.27. The van der Waals surface area contributed by atoms with Crippen molar-refractivity contribution in [1.82, 2.24) is 9.71 Å². The monoisotopic (exact) mass is 390 g/mol.